The molecule has 1 aromatic carbocycles. The van der Waals surface area contributed by atoms with Crippen molar-refractivity contribution in [2.75, 3.05) is 0 Å². The molecule has 204 valence electrons. The molecule has 2 heteroatoms. The highest BCUT2D eigenvalue weighted by atomic mass is 19.2. The van der Waals surface area contributed by atoms with Crippen LogP contribution in [0.3, 0.4) is 0 Å². The first-order chi connectivity index (χ1) is 17.6. The molecule has 0 bridgehead atoms. The molecule has 0 unspecified atom stereocenters. The van der Waals surface area contributed by atoms with Crippen LogP contribution in [0.25, 0.3) is 0 Å². The van der Waals surface area contributed by atoms with E-state index in [0.29, 0.717) is 17.5 Å². The lowest BCUT2D eigenvalue weighted by Gasteiger charge is -2.38. The normalized spacial score (nSPS) is 31.4. The summed E-state index contributed by atoms with van der Waals surface area (Å²) in [7, 11) is 0. The van der Waals surface area contributed by atoms with Gasteiger partial charge in [-0.2, -0.15) is 0 Å². The molecule has 0 amide bonds. The molecule has 0 aromatic heterocycles. The zero-order valence-corrected chi connectivity index (χ0v) is 23.5. The minimum atomic E-state index is -0.588. The lowest BCUT2D eigenvalue weighted by atomic mass is 9.67. The number of aryl methyl sites for hydroxylation is 1. The molecule has 0 atom stereocenters. The topological polar surface area (TPSA) is 0 Å². The number of unbranched alkanes of at least 4 members (excludes halogenated alkanes) is 2. The number of benzene rings is 1. The summed E-state index contributed by atoms with van der Waals surface area (Å²) in [4.78, 5) is 0. The van der Waals surface area contributed by atoms with E-state index in [1.165, 1.54) is 103 Å². The SMILES string of the molecule is CCCCCC1CCC(CCC2CCC(C3CCC(c4ccc(CCC)c(F)c4F)CC3)CC2)CC1. The lowest BCUT2D eigenvalue weighted by molar-refractivity contribution is 0.149. The van der Waals surface area contributed by atoms with Crippen molar-refractivity contribution in [3.05, 3.63) is 34.9 Å². The Morgan fingerprint density at radius 1 is 0.583 bits per heavy atom. The van der Waals surface area contributed by atoms with E-state index in [9.17, 15) is 8.78 Å². The summed E-state index contributed by atoms with van der Waals surface area (Å²) in [5.41, 5.74) is 1.18. The summed E-state index contributed by atoms with van der Waals surface area (Å²) >= 11 is 0. The minimum Gasteiger partial charge on any atom is -0.203 e. The fourth-order valence-corrected chi connectivity index (χ4v) is 8.20. The summed E-state index contributed by atoms with van der Waals surface area (Å²) in [5, 5.41) is 0. The van der Waals surface area contributed by atoms with Gasteiger partial charge in [-0.15, -0.1) is 0 Å². The van der Waals surface area contributed by atoms with Gasteiger partial charge in [0.15, 0.2) is 11.6 Å². The van der Waals surface area contributed by atoms with E-state index in [1.54, 1.807) is 0 Å². The second kappa shape index (κ2) is 14.3. The van der Waals surface area contributed by atoms with Crippen LogP contribution in [-0.4, -0.2) is 0 Å². The van der Waals surface area contributed by atoms with E-state index >= 15 is 0 Å². The van der Waals surface area contributed by atoms with E-state index in [0.717, 1.165) is 48.9 Å². The first kappa shape index (κ1) is 28.1. The molecule has 0 heterocycles. The first-order valence-corrected chi connectivity index (χ1v) is 16.1. The summed E-state index contributed by atoms with van der Waals surface area (Å²) in [6, 6.07) is 3.72. The average molecular weight is 501 g/mol. The van der Waals surface area contributed by atoms with Crippen molar-refractivity contribution in [3.63, 3.8) is 0 Å². The highest BCUT2D eigenvalue weighted by Gasteiger charge is 2.33. The molecule has 4 rings (SSSR count). The van der Waals surface area contributed by atoms with Crippen molar-refractivity contribution in [1.82, 2.24) is 0 Å². The van der Waals surface area contributed by atoms with Crippen molar-refractivity contribution < 1.29 is 8.78 Å². The second-order valence-electron chi connectivity index (χ2n) is 13.0. The monoisotopic (exact) mass is 500 g/mol. The predicted molar refractivity (Wildman–Crippen MR) is 149 cm³/mol. The zero-order chi connectivity index (χ0) is 25.3. The fourth-order valence-electron chi connectivity index (χ4n) is 8.20. The number of hydrogen-bond acceptors (Lipinski definition) is 0. The van der Waals surface area contributed by atoms with Crippen LogP contribution < -0.4 is 0 Å². The van der Waals surface area contributed by atoms with E-state index in [2.05, 4.69) is 6.92 Å². The van der Waals surface area contributed by atoms with Gasteiger partial charge >= 0.3 is 0 Å². The highest BCUT2D eigenvalue weighted by molar-refractivity contribution is 5.29. The maximum atomic E-state index is 14.8. The van der Waals surface area contributed by atoms with Gasteiger partial charge in [0.05, 0.1) is 0 Å². The van der Waals surface area contributed by atoms with Gasteiger partial charge in [-0.3, -0.25) is 0 Å². The van der Waals surface area contributed by atoms with Gasteiger partial charge in [0.25, 0.3) is 0 Å². The number of rotatable bonds is 11. The maximum absolute atomic E-state index is 14.8. The van der Waals surface area contributed by atoms with Gasteiger partial charge in [0.1, 0.15) is 0 Å². The van der Waals surface area contributed by atoms with E-state index in [1.807, 2.05) is 19.1 Å². The Hall–Kier alpha value is -0.920. The van der Waals surface area contributed by atoms with Crippen LogP contribution in [0.5, 0.6) is 0 Å². The summed E-state index contributed by atoms with van der Waals surface area (Å²) < 4.78 is 29.3. The molecule has 0 N–H and O–H groups in total. The van der Waals surface area contributed by atoms with Crippen LogP contribution in [0.15, 0.2) is 12.1 Å². The molecule has 3 fully saturated rings. The Balaban J connectivity index is 1.13. The van der Waals surface area contributed by atoms with Gasteiger partial charge in [-0.25, -0.2) is 8.78 Å². The van der Waals surface area contributed by atoms with Gasteiger partial charge in [-0.05, 0) is 91.6 Å². The van der Waals surface area contributed by atoms with Crippen LogP contribution in [0.1, 0.15) is 153 Å². The molecule has 0 nitrogen and oxygen atoms in total. The molecule has 0 saturated heterocycles. The Bertz CT molecular complexity index is 762. The van der Waals surface area contributed by atoms with Crippen molar-refractivity contribution in [2.24, 2.45) is 29.6 Å². The molecular formula is C34H54F2. The Labute approximate surface area is 221 Å². The molecule has 1 aromatic rings. The Morgan fingerprint density at radius 2 is 1.11 bits per heavy atom. The number of halogens is 2. The van der Waals surface area contributed by atoms with Crippen molar-refractivity contribution in [2.45, 2.75) is 148 Å². The summed E-state index contributed by atoms with van der Waals surface area (Å²) in [5.74, 6) is 3.79. The molecule has 3 aliphatic carbocycles. The molecule has 0 radical (unpaired) electrons. The average Bonchev–Trinajstić information content (AvgIpc) is 2.92. The third-order valence-electron chi connectivity index (χ3n) is 10.6. The van der Waals surface area contributed by atoms with E-state index in [4.69, 9.17) is 0 Å². The fraction of sp³-hybridized carbons (Fsp3) is 0.824. The third-order valence-corrected chi connectivity index (χ3v) is 10.6. The van der Waals surface area contributed by atoms with Gasteiger partial charge < -0.3 is 0 Å². The molecule has 3 saturated carbocycles. The predicted octanol–water partition coefficient (Wildman–Crippen LogP) is 11.2. The second-order valence-corrected chi connectivity index (χ2v) is 13.0. The van der Waals surface area contributed by atoms with Crippen LogP contribution in [0.2, 0.25) is 0 Å². The largest absolute Gasteiger partial charge is 0.203 e. The summed E-state index contributed by atoms with van der Waals surface area (Å²) in [6.07, 6.45) is 26.4. The highest BCUT2D eigenvalue weighted by Crippen LogP contribution is 2.45. The lowest BCUT2D eigenvalue weighted by Crippen LogP contribution is -2.26. The summed E-state index contributed by atoms with van der Waals surface area (Å²) in [6.45, 7) is 4.33. The van der Waals surface area contributed by atoms with Gasteiger partial charge in [-0.1, -0.05) is 109 Å². The molecule has 3 aliphatic rings. The zero-order valence-electron chi connectivity index (χ0n) is 23.5. The molecule has 0 aliphatic heterocycles. The van der Waals surface area contributed by atoms with Crippen LogP contribution in [-0.2, 0) is 6.42 Å². The number of hydrogen-bond donors (Lipinski definition) is 0. The van der Waals surface area contributed by atoms with Gasteiger partial charge in [0.2, 0.25) is 0 Å². The van der Waals surface area contributed by atoms with Crippen LogP contribution in [0, 0.1) is 41.2 Å². The molecule has 36 heavy (non-hydrogen) atoms. The van der Waals surface area contributed by atoms with Crippen LogP contribution >= 0.6 is 0 Å². The van der Waals surface area contributed by atoms with Crippen molar-refractivity contribution in [3.8, 4) is 0 Å². The van der Waals surface area contributed by atoms with Gasteiger partial charge in [0, 0.05) is 0 Å². The van der Waals surface area contributed by atoms with Crippen molar-refractivity contribution >= 4 is 0 Å². The molecule has 0 spiro atoms. The quantitative estimate of drug-likeness (QED) is 0.265. The van der Waals surface area contributed by atoms with E-state index in [-0.39, 0.29) is 5.92 Å². The van der Waals surface area contributed by atoms with Crippen LogP contribution in [0.4, 0.5) is 8.78 Å². The Morgan fingerprint density at radius 3 is 1.67 bits per heavy atom. The standard InChI is InChI=1S/C34H54F2/c1-3-5-6-8-25-9-11-26(12-10-25)13-14-27-15-17-28(18-16-27)29-19-21-30(22-20-29)32-24-23-31(7-4-2)33(35)34(32)36/h23-30H,3-22H2,1-2H3. The van der Waals surface area contributed by atoms with Crippen molar-refractivity contribution in [1.29, 1.82) is 0 Å². The van der Waals surface area contributed by atoms with E-state index < -0.39 is 11.6 Å². The third kappa shape index (κ3) is 7.57. The minimum absolute atomic E-state index is 0.213. The maximum Gasteiger partial charge on any atom is 0.162 e. The molecular weight excluding hydrogens is 446 g/mol. The first-order valence-electron chi connectivity index (χ1n) is 16.1. The Kier molecular flexibility index (Phi) is 11.2. The smallest absolute Gasteiger partial charge is 0.162 e.